The first-order valence-corrected chi connectivity index (χ1v) is 8.46. The summed E-state index contributed by atoms with van der Waals surface area (Å²) in [7, 11) is 0. The van der Waals surface area contributed by atoms with E-state index in [-0.39, 0.29) is 5.91 Å². The summed E-state index contributed by atoms with van der Waals surface area (Å²) in [6.07, 6.45) is 1.08. The lowest BCUT2D eigenvalue weighted by Gasteiger charge is -2.35. The number of hydrogen-bond acceptors (Lipinski definition) is 4. The van der Waals surface area contributed by atoms with Crippen LogP contribution in [-0.4, -0.2) is 54.0 Å². The third-order valence-electron chi connectivity index (χ3n) is 3.86. The Morgan fingerprint density at radius 3 is 2.45 bits per heavy atom. The molecule has 122 valence electrons. The maximum absolute atomic E-state index is 12.2. The average Bonchev–Trinajstić information content (AvgIpc) is 2.94. The first kappa shape index (κ1) is 16.8. The van der Waals surface area contributed by atoms with Crippen molar-refractivity contribution in [1.29, 1.82) is 0 Å². The zero-order valence-electron chi connectivity index (χ0n) is 13.2. The summed E-state index contributed by atoms with van der Waals surface area (Å²) in [4.78, 5) is 29.9. The van der Waals surface area contributed by atoms with E-state index in [0.717, 1.165) is 26.1 Å². The Balaban J connectivity index is 1.80. The number of thiophene rings is 1. The van der Waals surface area contributed by atoms with Gasteiger partial charge in [0.2, 0.25) is 5.91 Å². The molecule has 1 aliphatic heterocycles. The molecule has 2 heterocycles. The fraction of sp³-hybridized carbons (Fsp3) is 0.600. The van der Waals surface area contributed by atoms with Crippen LogP contribution in [0.3, 0.4) is 0 Å². The van der Waals surface area contributed by atoms with Crippen LogP contribution in [0.25, 0.3) is 0 Å². The fourth-order valence-corrected chi connectivity index (χ4v) is 3.59. The number of piperazine rings is 1. The SMILES string of the molecule is CCc1ccc(CN2CCN(C(=O)[C@H](C)NC(N)=O)CC2)s1. The Morgan fingerprint density at radius 1 is 1.27 bits per heavy atom. The maximum Gasteiger partial charge on any atom is 0.312 e. The number of carbonyl (C=O) groups excluding carboxylic acids is 2. The predicted octanol–water partition coefficient (Wildman–Crippen LogP) is 1.01. The molecule has 1 saturated heterocycles. The Morgan fingerprint density at radius 2 is 1.91 bits per heavy atom. The molecule has 0 bridgehead atoms. The van der Waals surface area contributed by atoms with Crippen molar-refractivity contribution in [3.63, 3.8) is 0 Å². The lowest BCUT2D eigenvalue weighted by molar-refractivity contribution is -0.134. The zero-order valence-corrected chi connectivity index (χ0v) is 14.0. The molecule has 7 heteroatoms. The topological polar surface area (TPSA) is 78.7 Å². The molecule has 1 aromatic rings. The molecule has 0 radical (unpaired) electrons. The number of nitrogens with zero attached hydrogens (tertiary/aromatic N) is 2. The van der Waals surface area contributed by atoms with Gasteiger partial charge in [-0.3, -0.25) is 9.69 Å². The average molecular weight is 324 g/mol. The number of nitrogens with one attached hydrogen (secondary N) is 1. The molecule has 1 atom stereocenters. The van der Waals surface area contributed by atoms with Crippen LogP contribution in [0.2, 0.25) is 0 Å². The molecule has 3 amide bonds. The van der Waals surface area contributed by atoms with Crippen molar-refractivity contribution in [2.75, 3.05) is 26.2 Å². The van der Waals surface area contributed by atoms with E-state index < -0.39 is 12.1 Å². The molecular weight excluding hydrogens is 300 g/mol. The van der Waals surface area contributed by atoms with E-state index in [2.05, 4.69) is 29.3 Å². The summed E-state index contributed by atoms with van der Waals surface area (Å²) in [6.45, 7) is 7.87. The van der Waals surface area contributed by atoms with Crippen LogP contribution in [-0.2, 0) is 17.8 Å². The van der Waals surface area contributed by atoms with Crippen molar-refractivity contribution in [3.8, 4) is 0 Å². The van der Waals surface area contributed by atoms with Gasteiger partial charge in [-0.2, -0.15) is 0 Å². The number of primary amides is 1. The van der Waals surface area contributed by atoms with Crippen molar-refractivity contribution < 1.29 is 9.59 Å². The van der Waals surface area contributed by atoms with Crippen molar-refractivity contribution in [2.24, 2.45) is 5.73 Å². The van der Waals surface area contributed by atoms with E-state index >= 15 is 0 Å². The van der Waals surface area contributed by atoms with Gasteiger partial charge in [0, 0.05) is 42.5 Å². The van der Waals surface area contributed by atoms with Crippen LogP contribution in [0, 0.1) is 0 Å². The van der Waals surface area contributed by atoms with E-state index in [1.165, 1.54) is 9.75 Å². The molecule has 0 aromatic carbocycles. The molecule has 22 heavy (non-hydrogen) atoms. The van der Waals surface area contributed by atoms with Gasteiger partial charge in [0.1, 0.15) is 6.04 Å². The van der Waals surface area contributed by atoms with Crippen LogP contribution in [0.15, 0.2) is 12.1 Å². The van der Waals surface area contributed by atoms with Gasteiger partial charge in [0.05, 0.1) is 0 Å². The van der Waals surface area contributed by atoms with Crippen molar-refractivity contribution in [2.45, 2.75) is 32.9 Å². The summed E-state index contributed by atoms with van der Waals surface area (Å²) in [6, 6.07) is 3.16. The van der Waals surface area contributed by atoms with E-state index in [9.17, 15) is 9.59 Å². The Labute approximate surface area is 135 Å². The molecular formula is C15H24N4O2S. The van der Waals surface area contributed by atoms with Gasteiger partial charge >= 0.3 is 6.03 Å². The van der Waals surface area contributed by atoms with Gasteiger partial charge in [0.15, 0.2) is 0 Å². The minimum atomic E-state index is -0.663. The summed E-state index contributed by atoms with van der Waals surface area (Å²) < 4.78 is 0. The number of carbonyl (C=O) groups is 2. The first-order chi connectivity index (χ1) is 10.5. The molecule has 0 spiro atoms. The molecule has 3 N–H and O–H groups in total. The molecule has 6 nitrogen and oxygen atoms in total. The zero-order chi connectivity index (χ0) is 16.1. The summed E-state index contributed by atoms with van der Waals surface area (Å²) >= 11 is 1.86. The van der Waals surface area contributed by atoms with Gasteiger partial charge in [-0.1, -0.05) is 6.92 Å². The summed E-state index contributed by atoms with van der Waals surface area (Å²) in [5, 5.41) is 2.44. The minimum absolute atomic E-state index is 0.0668. The number of amides is 3. The summed E-state index contributed by atoms with van der Waals surface area (Å²) in [5.74, 6) is -0.0668. The number of aryl methyl sites for hydroxylation is 1. The minimum Gasteiger partial charge on any atom is -0.352 e. The molecule has 1 fully saturated rings. The van der Waals surface area contributed by atoms with Gasteiger partial charge in [0.25, 0.3) is 0 Å². The molecule has 1 aliphatic rings. The third kappa shape index (κ3) is 4.45. The van der Waals surface area contributed by atoms with Crippen molar-refractivity contribution in [1.82, 2.24) is 15.1 Å². The smallest absolute Gasteiger partial charge is 0.312 e. The Kier molecular flexibility index (Phi) is 5.79. The number of rotatable bonds is 5. The van der Waals surface area contributed by atoms with E-state index in [1.807, 2.05) is 11.3 Å². The van der Waals surface area contributed by atoms with Crippen molar-refractivity contribution in [3.05, 3.63) is 21.9 Å². The number of hydrogen-bond donors (Lipinski definition) is 2. The Hall–Kier alpha value is -1.60. The third-order valence-corrected chi connectivity index (χ3v) is 5.07. The highest BCUT2D eigenvalue weighted by atomic mass is 32.1. The van der Waals surface area contributed by atoms with Gasteiger partial charge in [-0.25, -0.2) is 4.79 Å². The first-order valence-electron chi connectivity index (χ1n) is 7.64. The van der Waals surface area contributed by atoms with E-state index in [0.29, 0.717) is 13.1 Å². The second-order valence-electron chi connectivity index (χ2n) is 5.55. The lowest BCUT2D eigenvalue weighted by Crippen LogP contribution is -2.54. The normalized spacial score (nSPS) is 17.3. The Bertz CT molecular complexity index is 523. The van der Waals surface area contributed by atoms with Gasteiger partial charge < -0.3 is 16.0 Å². The fourth-order valence-electron chi connectivity index (χ4n) is 2.59. The highest BCUT2D eigenvalue weighted by Crippen LogP contribution is 2.19. The summed E-state index contributed by atoms with van der Waals surface area (Å²) in [5.41, 5.74) is 5.05. The highest BCUT2D eigenvalue weighted by molar-refractivity contribution is 7.11. The van der Waals surface area contributed by atoms with Gasteiger partial charge in [-0.15, -0.1) is 11.3 Å². The van der Waals surface area contributed by atoms with Crippen LogP contribution < -0.4 is 11.1 Å². The quantitative estimate of drug-likeness (QED) is 0.848. The lowest BCUT2D eigenvalue weighted by atomic mass is 10.2. The van der Waals surface area contributed by atoms with E-state index in [4.69, 9.17) is 5.73 Å². The molecule has 2 rings (SSSR count). The van der Waals surface area contributed by atoms with E-state index in [1.54, 1.807) is 11.8 Å². The second-order valence-corrected chi connectivity index (χ2v) is 6.81. The molecule has 0 unspecified atom stereocenters. The van der Waals surface area contributed by atoms with Crippen molar-refractivity contribution >= 4 is 23.3 Å². The van der Waals surface area contributed by atoms with Crippen LogP contribution >= 0.6 is 11.3 Å². The number of urea groups is 1. The van der Waals surface area contributed by atoms with Crippen LogP contribution in [0.5, 0.6) is 0 Å². The maximum atomic E-state index is 12.2. The monoisotopic (exact) mass is 324 g/mol. The van der Waals surface area contributed by atoms with Crippen LogP contribution in [0.1, 0.15) is 23.6 Å². The predicted molar refractivity (Wildman–Crippen MR) is 87.7 cm³/mol. The largest absolute Gasteiger partial charge is 0.352 e. The molecule has 1 aromatic heterocycles. The molecule has 0 saturated carbocycles. The number of nitrogens with two attached hydrogens (primary N) is 1. The molecule has 0 aliphatic carbocycles. The van der Waals surface area contributed by atoms with Gasteiger partial charge in [-0.05, 0) is 25.5 Å². The van der Waals surface area contributed by atoms with Crippen LogP contribution in [0.4, 0.5) is 4.79 Å². The second kappa shape index (κ2) is 7.60. The highest BCUT2D eigenvalue weighted by Gasteiger charge is 2.25. The standard InChI is InChI=1S/C15H24N4O2S/c1-3-12-4-5-13(22-12)10-18-6-8-19(9-7-18)14(20)11(2)17-15(16)21/h4-5,11H,3,6-10H2,1-2H3,(H3,16,17,21)/t11-/m0/s1.